The van der Waals surface area contributed by atoms with E-state index in [9.17, 15) is 0 Å². The molecule has 0 atom stereocenters. The van der Waals surface area contributed by atoms with E-state index < -0.39 is 0 Å². The molecule has 0 aliphatic rings. The topological polar surface area (TPSA) is 64.7 Å². The van der Waals surface area contributed by atoms with Crippen LogP contribution in [0.2, 0.25) is 0 Å². The molecule has 112 valence electrons. The number of aliphatic hydroxyl groups excluding tert-OH is 1. The molecule has 0 spiro atoms. The van der Waals surface area contributed by atoms with E-state index in [0.29, 0.717) is 6.42 Å². The number of rotatable bonds is 5. The molecule has 1 aromatic rings. The molecule has 0 fully saturated rings. The number of methoxy groups -OCH3 is 2. The quantitative estimate of drug-likeness (QED) is 0.863. The summed E-state index contributed by atoms with van der Waals surface area (Å²) in [6, 6.07) is 4.00. The van der Waals surface area contributed by atoms with Gasteiger partial charge in [0.15, 0.2) is 11.5 Å². The van der Waals surface area contributed by atoms with Crippen LogP contribution in [-0.4, -0.2) is 33.0 Å². The van der Waals surface area contributed by atoms with E-state index >= 15 is 0 Å². The molecule has 1 aromatic carbocycles. The number of aliphatic hydroxyl groups is 1. The minimum atomic E-state index is 0.116. The SMILES string of the molecule is CC.CCc1ccc(CCO)c(OC)c1OC.CN. The van der Waals surface area contributed by atoms with Crippen molar-refractivity contribution in [2.24, 2.45) is 5.73 Å². The lowest BCUT2D eigenvalue weighted by Gasteiger charge is -2.15. The van der Waals surface area contributed by atoms with Gasteiger partial charge in [0.05, 0.1) is 14.2 Å². The highest BCUT2D eigenvalue weighted by atomic mass is 16.5. The van der Waals surface area contributed by atoms with E-state index in [-0.39, 0.29) is 6.61 Å². The number of benzene rings is 1. The normalized spacial score (nSPS) is 8.63. The predicted molar refractivity (Wildman–Crippen MR) is 81.2 cm³/mol. The van der Waals surface area contributed by atoms with Crippen molar-refractivity contribution in [1.29, 1.82) is 0 Å². The molecular formula is C15H29NO3. The molecule has 4 heteroatoms. The summed E-state index contributed by atoms with van der Waals surface area (Å²) in [7, 11) is 4.76. The Hall–Kier alpha value is -1.26. The van der Waals surface area contributed by atoms with Crippen LogP contribution in [-0.2, 0) is 12.8 Å². The van der Waals surface area contributed by atoms with Crippen LogP contribution in [0, 0.1) is 0 Å². The second-order valence-electron chi connectivity index (χ2n) is 3.28. The lowest BCUT2D eigenvalue weighted by atomic mass is 10.0. The van der Waals surface area contributed by atoms with E-state index in [4.69, 9.17) is 14.6 Å². The molecule has 0 aliphatic heterocycles. The molecule has 0 saturated heterocycles. The van der Waals surface area contributed by atoms with Crippen LogP contribution in [0.15, 0.2) is 12.1 Å². The fraction of sp³-hybridized carbons (Fsp3) is 0.600. The summed E-state index contributed by atoms with van der Waals surface area (Å²) in [6.45, 7) is 6.19. The summed E-state index contributed by atoms with van der Waals surface area (Å²) in [5.74, 6) is 1.52. The largest absolute Gasteiger partial charge is 0.493 e. The molecule has 0 bridgehead atoms. The Kier molecular flexibility index (Phi) is 13.9. The molecule has 0 aromatic heterocycles. The zero-order chi connectivity index (χ0) is 15.3. The number of aryl methyl sites for hydroxylation is 1. The van der Waals surface area contributed by atoms with Gasteiger partial charge in [-0.05, 0) is 25.5 Å². The van der Waals surface area contributed by atoms with Crippen LogP contribution >= 0.6 is 0 Å². The summed E-state index contributed by atoms with van der Waals surface area (Å²) in [5, 5.41) is 8.93. The number of hydrogen-bond acceptors (Lipinski definition) is 4. The zero-order valence-corrected chi connectivity index (χ0v) is 13.1. The summed E-state index contributed by atoms with van der Waals surface area (Å²) in [6.07, 6.45) is 1.49. The first-order chi connectivity index (χ1) is 9.28. The Labute approximate surface area is 117 Å². The maximum atomic E-state index is 8.93. The molecule has 3 N–H and O–H groups in total. The van der Waals surface area contributed by atoms with Crippen molar-refractivity contribution in [3.05, 3.63) is 23.3 Å². The van der Waals surface area contributed by atoms with Crippen molar-refractivity contribution >= 4 is 0 Å². The highest BCUT2D eigenvalue weighted by Gasteiger charge is 2.13. The van der Waals surface area contributed by atoms with Crippen molar-refractivity contribution in [2.45, 2.75) is 33.6 Å². The predicted octanol–water partition coefficient (Wildman–Crippen LogP) is 2.40. The van der Waals surface area contributed by atoms with Crippen molar-refractivity contribution in [3.63, 3.8) is 0 Å². The van der Waals surface area contributed by atoms with Gasteiger partial charge < -0.3 is 20.3 Å². The number of nitrogens with two attached hydrogens (primary N) is 1. The maximum absolute atomic E-state index is 8.93. The fourth-order valence-electron chi connectivity index (χ4n) is 1.69. The van der Waals surface area contributed by atoms with Gasteiger partial charge >= 0.3 is 0 Å². The summed E-state index contributed by atoms with van der Waals surface area (Å²) in [4.78, 5) is 0. The molecule has 0 unspecified atom stereocenters. The monoisotopic (exact) mass is 271 g/mol. The van der Waals surface area contributed by atoms with Crippen LogP contribution in [0.25, 0.3) is 0 Å². The first-order valence-corrected chi connectivity index (χ1v) is 6.69. The highest BCUT2D eigenvalue weighted by molar-refractivity contribution is 5.52. The van der Waals surface area contributed by atoms with Crippen LogP contribution < -0.4 is 15.2 Å². The second kappa shape index (κ2) is 13.2. The van der Waals surface area contributed by atoms with Gasteiger partial charge in [-0.3, -0.25) is 0 Å². The highest BCUT2D eigenvalue weighted by Crippen LogP contribution is 2.35. The first-order valence-electron chi connectivity index (χ1n) is 6.69. The summed E-state index contributed by atoms with van der Waals surface area (Å²) in [5.41, 5.74) is 6.60. The van der Waals surface area contributed by atoms with Gasteiger partial charge in [0, 0.05) is 12.2 Å². The Balaban J connectivity index is 0. The minimum absolute atomic E-state index is 0.116. The van der Waals surface area contributed by atoms with Gasteiger partial charge in [0.2, 0.25) is 0 Å². The van der Waals surface area contributed by atoms with E-state index in [1.807, 2.05) is 26.0 Å². The van der Waals surface area contributed by atoms with Crippen LogP contribution in [0.1, 0.15) is 31.9 Å². The lowest BCUT2D eigenvalue weighted by molar-refractivity contribution is 0.294. The third-order valence-corrected chi connectivity index (χ3v) is 2.45. The molecule has 0 radical (unpaired) electrons. The third-order valence-electron chi connectivity index (χ3n) is 2.45. The average Bonchev–Trinajstić information content (AvgIpc) is 2.50. The van der Waals surface area contributed by atoms with Gasteiger partial charge in [0.1, 0.15) is 0 Å². The van der Waals surface area contributed by atoms with Crippen LogP contribution in [0.4, 0.5) is 0 Å². The maximum Gasteiger partial charge on any atom is 0.164 e. The molecule has 1 rings (SSSR count). The summed E-state index contributed by atoms with van der Waals surface area (Å²) < 4.78 is 10.7. The fourth-order valence-corrected chi connectivity index (χ4v) is 1.69. The Morgan fingerprint density at radius 1 is 1.00 bits per heavy atom. The van der Waals surface area contributed by atoms with Crippen molar-refractivity contribution in [2.75, 3.05) is 27.9 Å². The standard InChI is InChI=1S/C12H18O3.C2H6.CH5N/c1-4-9-5-6-10(7-8-13)12(15-3)11(9)14-2;2*1-2/h5-6,13H,4,7-8H2,1-3H3;1-2H3;2H2,1H3. The summed E-state index contributed by atoms with van der Waals surface area (Å²) >= 11 is 0. The molecule has 0 heterocycles. The van der Waals surface area contributed by atoms with Crippen LogP contribution in [0.3, 0.4) is 0 Å². The number of hydrogen-bond donors (Lipinski definition) is 2. The van der Waals surface area contributed by atoms with Crippen LogP contribution in [0.5, 0.6) is 11.5 Å². The average molecular weight is 271 g/mol. The second-order valence-corrected chi connectivity index (χ2v) is 3.28. The van der Waals surface area contributed by atoms with E-state index in [0.717, 1.165) is 29.0 Å². The Morgan fingerprint density at radius 2 is 1.42 bits per heavy atom. The van der Waals surface area contributed by atoms with Gasteiger partial charge in [-0.2, -0.15) is 0 Å². The van der Waals surface area contributed by atoms with Gasteiger partial charge in [-0.1, -0.05) is 32.9 Å². The van der Waals surface area contributed by atoms with Gasteiger partial charge in [-0.25, -0.2) is 0 Å². The van der Waals surface area contributed by atoms with E-state index in [1.54, 1.807) is 14.2 Å². The van der Waals surface area contributed by atoms with Crippen molar-refractivity contribution < 1.29 is 14.6 Å². The van der Waals surface area contributed by atoms with E-state index in [2.05, 4.69) is 12.7 Å². The zero-order valence-electron chi connectivity index (χ0n) is 13.1. The minimum Gasteiger partial charge on any atom is -0.493 e. The lowest BCUT2D eigenvalue weighted by Crippen LogP contribution is -2.01. The number of ether oxygens (including phenoxy) is 2. The molecular weight excluding hydrogens is 242 g/mol. The van der Waals surface area contributed by atoms with Gasteiger partial charge in [0.25, 0.3) is 0 Å². The van der Waals surface area contributed by atoms with Crippen molar-refractivity contribution in [3.8, 4) is 11.5 Å². The molecule has 19 heavy (non-hydrogen) atoms. The smallest absolute Gasteiger partial charge is 0.164 e. The van der Waals surface area contributed by atoms with Crippen molar-refractivity contribution in [1.82, 2.24) is 0 Å². The molecule has 0 amide bonds. The Morgan fingerprint density at radius 3 is 1.79 bits per heavy atom. The Bertz CT molecular complexity index is 327. The molecule has 0 aliphatic carbocycles. The molecule has 0 saturated carbocycles. The van der Waals surface area contributed by atoms with Gasteiger partial charge in [-0.15, -0.1) is 0 Å². The molecule has 4 nitrogen and oxygen atoms in total. The third kappa shape index (κ3) is 5.94. The van der Waals surface area contributed by atoms with E-state index in [1.165, 1.54) is 7.05 Å². The first kappa shape index (κ1) is 20.1.